The highest BCUT2D eigenvalue weighted by molar-refractivity contribution is 6.74. The van der Waals surface area contributed by atoms with Crippen molar-refractivity contribution in [1.82, 2.24) is 0 Å². The highest BCUT2D eigenvalue weighted by Crippen LogP contribution is 2.40. The molecule has 0 saturated heterocycles. The number of ether oxygens (including phenoxy) is 1. The highest BCUT2D eigenvalue weighted by atomic mass is 28.4. The lowest BCUT2D eigenvalue weighted by atomic mass is 10.1. The number of benzene rings is 1. The predicted molar refractivity (Wildman–Crippen MR) is 80.8 cm³/mol. The van der Waals surface area contributed by atoms with Gasteiger partial charge < -0.3 is 9.16 Å². The monoisotopic (exact) mass is 280 g/mol. The van der Waals surface area contributed by atoms with Crippen molar-refractivity contribution in [3.8, 4) is 11.5 Å². The van der Waals surface area contributed by atoms with Crippen LogP contribution in [0.15, 0.2) is 18.2 Å². The lowest BCUT2D eigenvalue weighted by molar-refractivity contribution is 0.101. The molecule has 0 unspecified atom stereocenters. The van der Waals surface area contributed by atoms with Crippen molar-refractivity contribution in [3.63, 3.8) is 0 Å². The molecule has 0 aliphatic rings. The second kappa shape index (κ2) is 5.37. The molecule has 4 heteroatoms. The molecule has 0 radical (unpaired) electrons. The van der Waals surface area contributed by atoms with Gasteiger partial charge in [0.1, 0.15) is 5.75 Å². The van der Waals surface area contributed by atoms with Gasteiger partial charge in [-0.25, -0.2) is 0 Å². The van der Waals surface area contributed by atoms with Gasteiger partial charge in [-0.1, -0.05) is 20.8 Å². The molecule has 1 aromatic carbocycles. The van der Waals surface area contributed by atoms with Gasteiger partial charge >= 0.3 is 0 Å². The van der Waals surface area contributed by atoms with E-state index in [-0.39, 0.29) is 10.8 Å². The first-order valence-corrected chi connectivity index (χ1v) is 9.37. The van der Waals surface area contributed by atoms with Crippen LogP contribution in [0.25, 0.3) is 0 Å². The zero-order valence-electron chi connectivity index (χ0n) is 13.0. The summed E-state index contributed by atoms with van der Waals surface area (Å²) < 4.78 is 11.6. The number of hydrogen-bond donors (Lipinski definition) is 0. The first kappa shape index (κ1) is 15.8. The van der Waals surface area contributed by atoms with Crippen molar-refractivity contribution in [2.75, 3.05) is 7.11 Å². The third-order valence-electron chi connectivity index (χ3n) is 3.74. The van der Waals surface area contributed by atoms with Crippen LogP contribution in [-0.4, -0.2) is 21.2 Å². The van der Waals surface area contributed by atoms with Gasteiger partial charge in [-0.3, -0.25) is 4.79 Å². The topological polar surface area (TPSA) is 35.5 Å². The van der Waals surface area contributed by atoms with Crippen molar-refractivity contribution >= 4 is 14.1 Å². The van der Waals surface area contributed by atoms with Crippen LogP contribution in [0, 0.1) is 0 Å². The molecular formula is C15H24O3Si. The van der Waals surface area contributed by atoms with Crippen LogP contribution in [0.1, 0.15) is 38.1 Å². The number of methoxy groups -OCH3 is 1. The molecule has 1 aromatic rings. The number of ketones is 1. The smallest absolute Gasteiger partial charge is 0.250 e. The third kappa shape index (κ3) is 3.59. The summed E-state index contributed by atoms with van der Waals surface area (Å²) in [5.74, 6) is 1.37. The van der Waals surface area contributed by atoms with Crippen molar-refractivity contribution in [1.29, 1.82) is 0 Å². The van der Waals surface area contributed by atoms with Crippen LogP contribution in [0.2, 0.25) is 18.1 Å². The SMILES string of the molecule is COc1ccc(C(C)=O)cc1O[Si](C)(C)C(C)(C)C. The minimum absolute atomic E-state index is 0.0303. The van der Waals surface area contributed by atoms with Gasteiger partial charge in [-0.15, -0.1) is 0 Å². The molecular weight excluding hydrogens is 256 g/mol. The first-order valence-electron chi connectivity index (χ1n) is 6.46. The van der Waals surface area contributed by atoms with Gasteiger partial charge in [0.25, 0.3) is 8.32 Å². The van der Waals surface area contributed by atoms with Crippen LogP contribution >= 0.6 is 0 Å². The average molecular weight is 280 g/mol. The van der Waals surface area contributed by atoms with Crippen molar-refractivity contribution in [3.05, 3.63) is 23.8 Å². The van der Waals surface area contributed by atoms with E-state index in [4.69, 9.17) is 9.16 Å². The Morgan fingerprint density at radius 1 is 1.16 bits per heavy atom. The molecule has 0 amide bonds. The van der Waals surface area contributed by atoms with E-state index in [9.17, 15) is 4.79 Å². The summed E-state index contributed by atoms with van der Waals surface area (Å²) >= 11 is 0. The number of rotatable bonds is 4. The molecule has 0 atom stereocenters. The number of carbonyl (C=O) groups excluding carboxylic acids is 1. The molecule has 0 fully saturated rings. The zero-order valence-corrected chi connectivity index (χ0v) is 14.0. The van der Waals surface area contributed by atoms with Crippen LogP contribution < -0.4 is 9.16 Å². The molecule has 3 nitrogen and oxygen atoms in total. The normalized spacial score (nSPS) is 12.2. The summed E-state index contributed by atoms with van der Waals surface area (Å²) in [6.07, 6.45) is 0. The predicted octanol–water partition coefficient (Wildman–Crippen LogP) is 4.28. The number of Topliss-reactive ketones (excluding diaryl/α,β-unsaturated/α-hetero) is 1. The fourth-order valence-corrected chi connectivity index (χ4v) is 2.42. The number of carbonyl (C=O) groups is 1. The Kier molecular flexibility index (Phi) is 4.45. The molecule has 106 valence electrons. The van der Waals surface area contributed by atoms with Crippen LogP contribution in [-0.2, 0) is 0 Å². The third-order valence-corrected chi connectivity index (χ3v) is 8.08. The van der Waals surface area contributed by atoms with E-state index in [1.165, 1.54) is 0 Å². The Hall–Kier alpha value is -1.29. The van der Waals surface area contributed by atoms with Crippen molar-refractivity contribution in [2.45, 2.75) is 45.8 Å². The second-order valence-corrected chi connectivity index (χ2v) is 11.0. The summed E-state index contributed by atoms with van der Waals surface area (Å²) in [6.45, 7) is 12.4. The number of hydrogen-bond acceptors (Lipinski definition) is 3. The van der Waals surface area contributed by atoms with Gasteiger partial charge in [0, 0.05) is 5.56 Å². The zero-order chi connectivity index (χ0) is 14.8. The van der Waals surface area contributed by atoms with E-state index >= 15 is 0 Å². The van der Waals surface area contributed by atoms with Crippen LogP contribution in [0.3, 0.4) is 0 Å². The van der Waals surface area contributed by atoms with Crippen molar-refractivity contribution < 1.29 is 14.0 Å². The maximum Gasteiger partial charge on any atom is 0.250 e. The largest absolute Gasteiger partial charge is 0.541 e. The summed E-state index contributed by atoms with van der Waals surface area (Å²) in [6, 6.07) is 5.33. The van der Waals surface area contributed by atoms with E-state index < -0.39 is 8.32 Å². The van der Waals surface area contributed by atoms with Gasteiger partial charge in [-0.2, -0.15) is 0 Å². The lowest BCUT2D eigenvalue weighted by Crippen LogP contribution is -2.43. The minimum Gasteiger partial charge on any atom is -0.541 e. The molecule has 0 heterocycles. The Labute approximate surface area is 117 Å². The Bertz CT molecular complexity index is 473. The van der Waals surface area contributed by atoms with Crippen LogP contribution in [0.5, 0.6) is 11.5 Å². The molecule has 0 spiro atoms. The molecule has 0 N–H and O–H groups in total. The van der Waals surface area contributed by atoms with E-state index in [1.807, 2.05) is 0 Å². The standard InChI is InChI=1S/C15H24O3Si/c1-11(16)12-8-9-13(17-5)14(10-12)18-19(6,7)15(2,3)4/h8-10H,1-7H3. The van der Waals surface area contributed by atoms with Gasteiger partial charge in [-0.05, 0) is 43.3 Å². The molecule has 1 rings (SSSR count). The Morgan fingerprint density at radius 3 is 2.16 bits per heavy atom. The van der Waals surface area contributed by atoms with Gasteiger partial charge in [0.2, 0.25) is 0 Å². The molecule has 0 aromatic heterocycles. The Morgan fingerprint density at radius 2 is 1.74 bits per heavy atom. The lowest BCUT2D eigenvalue weighted by Gasteiger charge is -2.36. The summed E-state index contributed by atoms with van der Waals surface area (Å²) in [4.78, 5) is 11.5. The average Bonchev–Trinajstić information content (AvgIpc) is 2.26. The molecule has 0 aliphatic carbocycles. The quantitative estimate of drug-likeness (QED) is 0.610. The van der Waals surface area contributed by atoms with Gasteiger partial charge in [0.15, 0.2) is 11.5 Å². The molecule has 0 aliphatic heterocycles. The minimum atomic E-state index is -1.94. The highest BCUT2D eigenvalue weighted by Gasteiger charge is 2.39. The van der Waals surface area contributed by atoms with E-state index in [1.54, 1.807) is 32.2 Å². The molecule has 19 heavy (non-hydrogen) atoms. The summed E-state index contributed by atoms with van der Waals surface area (Å²) in [5.41, 5.74) is 0.648. The van der Waals surface area contributed by atoms with Gasteiger partial charge in [0.05, 0.1) is 7.11 Å². The first-order chi connectivity index (χ1) is 8.58. The maximum absolute atomic E-state index is 11.5. The summed E-state index contributed by atoms with van der Waals surface area (Å²) in [5, 5.41) is 0.101. The fraction of sp³-hybridized carbons (Fsp3) is 0.533. The fourth-order valence-electron chi connectivity index (χ4n) is 1.40. The molecule has 0 saturated carbocycles. The van der Waals surface area contributed by atoms with Crippen molar-refractivity contribution in [2.24, 2.45) is 0 Å². The maximum atomic E-state index is 11.5. The Balaban J connectivity index is 3.18. The van der Waals surface area contributed by atoms with E-state index in [0.29, 0.717) is 17.1 Å². The second-order valence-electron chi connectivity index (χ2n) is 6.28. The van der Waals surface area contributed by atoms with E-state index in [2.05, 4.69) is 33.9 Å². The van der Waals surface area contributed by atoms with Crippen LogP contribution in [0.4, 0.5) is 0 Å². The molecule has 0 bridgehead atoms. The van der Waals surface area contributed by atoms with E-state index in [0.717, 1.165) is 0 Å². The summed E-state index contributed by atoms with van der Waals surface area (Å²) in [7, 11) is -0.330.